The highest BCUT2D eigenvalue weighted by Gasteiger charge is 2.14. The summed E-state index contributed by atoms with van der Waals surface area (Å²) < 4.78 is 9.86. The Labute approximate surface area is 116 Å². The van der Waals surface area contributed by atoms with Crippen LogP contribution >= 0.6 is 0 Å². The highest BCUT2D eigenvalue weighted by molar-refractivity contribution is 5.77. The second-order valence-electron chi connectivity index (χ2n) is 4.36. The Hall–Kier alpha value is -1.10. The lowest BCUT2D eigenvalue weighted by molar-refractivity contribution is -0.141. The molecular weight excluding hydrogens is 246 g/mol. The summed E-state index contributed by atoms with van der Waals surface area (Å²) in [5.74, 6) is -0.166. The van der Waals surface area contributed by atoms with E-state index in [0.717, 1.165) is 19.3 Å². The van der Waals surface area contributed by atoms with Gasteiger partial charge in [0.2, 0.25) is 5.91 Å². The van der Waals surface area contributed by atoms with Gasteiger partial charge in [-0.15, -0.1) is 0 Å². The lowest BCUT2D eigenvalue weighted by atomic mass is 10.2. The molecule has 0 aliphatic carbocycles. The second kappa shape index (κ2) is 12.0. The van der Waals surface area contributed by atoms with Crippen molar-refractivity contribution in [2.24, 2.45) is 0 Å². The van der Waals surface area contributed by atoms with Crippen molar-refractivity contribution in [1.82, 2.24) is 4.90 Å². The number of amides is 1. The van der Waals surface area contributed by atoms with E-state index in [9.17, 15) is 9.59 Å². The van der Waals surface area contributed by atoms with Crippen LogP contribution in [0, 0.1) is 0 Å². The topological polar surface area (TPSA) is 55.8 Å². The van der Waals surface area contributed by atoms with E-state index in [1.165, 1.54) is 7.11 Å². The van der Waals surface area contributed by atoms with Crippen molar-refractivity contribution >= 4 is 11.9 Å². The Morgan fingerprint density at radius 1 is 1.05 bits per heavy atom. The van der Waals surface area contributed by atoms with Gasteiger partial charge in [-0.1, -0.05) is 13.3 Å². The molecule has 0 saturated heterocycles. The van der Waals surface area contributed by atoms with Gasteiger partial charge in [-0.05, 0) is 19.8 Å². The molecule has 0 unspecified atom stereocenters. The molecule has 0 N–H and O–H groups in total. The van der Waals surface area contributed by atoms with Crippen molar-refractivity contribution in [1.29, 1.82) is 0 Å². The van der Waals surface area contributed by atoms with Crippen molar-refractivity contribution in [2.45, 2.75) is 46.0 Å². The van der Waals surface area contributed by atoms with E-state index in [4.69, 9.17) is 4.74 Å². The third-order valence-corrected chi connectivity index (χ3v) is 2.83. The molecule has 0 radical (unpaired) electrons. The van der Waals surface area contributed by atoms with E-state index >= 15 is 0 Å². The number of ether oxygens (including phenoxy) is 2. The van der Waals surface area contributed by atoms with Crippen LogP contribution in [0.3, 0.4) is 0 Å². The van der Waals surface area contributed by atoms with E-state index in [1.807, 2.05) is 6.92 Å². The predicted molar refractivity (Wildman–Crippen MR) is 73.8 cm³/mol. The average molecular weight is 273 g/mol. The summed E-state index contributed by atoms with van der Waals surface area (Å²) in [6.07, 6.45) is 3.48. The van der Waals surface area contributed by atoms with Crippen LogP contribution in [0.15, 0.2) is 0 Å². The fraction of sp³-hybridized carbons (Fsp3) is 0.857. The van der Waals surface area contributed by atoms with Gasteiger partial charge in [-0.25, -0.2) is 0 Å². The SMILES string of the molecule is CCCCC(=O)N(CCCOCC)CCC(=O)OC. The number of esters is 1. The molecule has 0 aromatic carbocycles. The maximum atomic E-state index is 12.0. The predicted octanol–water partition coefficient (Wildman–Crippen LogP) is 1.99. The molecule has 5 heteroatoms. The molecule has 112 valence electrons. The first-order chi connectivity index (χ1) is 9.15. The first kappa shape index (κ1) is 17.9. The Morgan fingerprint density at radius 3 is 2.37 bits per heavy atom. The highest BCUT2D eigenvalue weighted by atomic mass is 16.5. The van der Waals surface area contributed by atoms with Crippen molar-refractivity contribution in [3.63, 3.8) is 0 Å². The Kier molecular flexibility index (Phi) is 11.3. The van der Waals surface area contributed by atoms with Gasteiger partial charge in [-0.2, -0.15) is 0 Å². The average Bonchev–Trinajstić information content (AvgIpc) is 2.43. The quantitative estimate of drug-likeness (QED) is 0.427. The molecule has 0 bridgehead atoms. The van der Waals surface area contributed by atoms with E-state index in [1.54, 1.807) is 4.90 Å². The van der Waals surface area contributed by atoms with Crippen LogP contribution in [0.4, 0.5) is 0 Å². The Balaban J connectivity index is 4.12. The number of hydrogen-bond donors (Lipinski definition) is 0. The first-order valence-corrected chi connectivity index (χ1v) is 7.08. The van der Waals surface area contributed by atoms with Crippen LogP contribution in [-0.2, 0) is 19.1 Å². The fourth-order valence-electron chi connectivity index (χ4n) is 1.68. The molecule has 0 aromatic heterocycles. The van der Waals surface area contributed by atoms with Crippen molar-refractivity contribution in [2.75, 3.05) is 33.4 Å². The van der Waals surface area contributed by atoms with Gasteiger partial charge >= 0.3 is 5.97 Å². The van der Waals surface area contributed by atoms with Crippen molar-refractivity contribution in [3.05, 3.63) is 0 Å². The molecule has 0 spiro atoms. The van der Waals surface area contributed by atoms with Gasteiger partial charge in [0.15, 0.2) is 0 Å². The molecule has 0 aliphatic heterocycles. The normalized spacial score (nSPS) is 10.3. The number of rotatable bonds is 11. The molecule has 5 nitrogen and oxygen atoms in total. The van der Waals surface area contributed by atoms with Crippen LogP contribution in [-0.4, -0.2) is 50.2 Å². The van der Waals surface area contributed by atoms with Gasteiger partial charge < -0.3 is 14.4 Å². The monoisotopic (exact) mass is 273 g/mol. The Morgan fingerprint density at radius 2 is 1.79 bits per heavy atom. The zero-order valence-corrected chi connectivity index (χ0v) is 12.4. The molecule has 0 saturated carbocycles. The molecule has 19 heavy (non-hydrogen) atoms. The van der Waals surface area contributed by atoms with Gasteiger partial charge in [0.25, 0.3) is 0 Å². The molecule has 0 heterocycles. The molecule has 1 amide bonds. The summed E-state index contributed by atoms with van der Waals surface area (Å²) in [6.45, 7) is 6.40. The second-order valence-corrected chi connectivity index (χ2v) is 4.36. The lowest BCUT2D eigenvalue weighted by Crippen LogP contribution is -2.34. The number of nitrogens with zero attached hydrogens (tertiary/aromatic N) is 1. The van der Waals surface area contributed by atoms with E-state index in [-0.39, 0.29) is 18.3 Å². The van der Waals surface area contributed by atoms with Gasteiger partial charge in [0.1, 0.15) is 0 Å². The zero-order chi connectivity index (χ0) is 14.5. The summed E-state index contributed by atoms with van der Waals surface area (Å²) in [5.41, 5.74) is 0. The molecule has 0 fully saturated rings. The molecule has 0 aliphatic rings. The number of hydrogen-bond acceptors (Lipinski definition) is 4. The van der Waals surface area contributed by atoms with Crippen molar-refractivity contribution < 1.29 is 19.1 Å². The summed E-state index contributed by atoms with van der Waals surface area (Å²) in [7, 11) is 1.36. The standard InChI is InChI=1S/C14H27NO4/c1-4-6-8-13(16)15(10-7-12-19-5-2)11-9-14(17)18-3/h4-12H2,1-3H3. The van der Waals surface area contributed by atoms with Gasteiger partial charge in [-0.3, -0.25) is 9.59 Å². The van der Waals surface area contributed by atoms with Gasteiger partial charge in [0, 0.05) is 32.7 Å². The number of methoxy groups -OCH3 is 1. The van der Waals surface area contributed by atoms with Crippen LogP contribution in [0.25, 0.3) is 0 Å². The molecule has 0 rings (SSSR count). The number of carbonyl (C=O) groups is 2. The summed E-state index contributed by atoms with van der Waals surface area (Å²) in [6, 6.07) is 0. The third-order valence-electron chi connectivity index (χ3n) is 2.83. The smallest absolute Gasteiger partial charge is 0.307 e. The maximum absolute atomic E-state index is 12.0. The third kappa shape index (κ3) is 9.47. The molecule has 0 aromatic rings. The summed E-state index contributed by atoms with van der Waals surface area (Å²) in [5, 5.41) is 0. The van der Waals surface area contributed by atoms with Crippen LogP contribution < -0.4 is 0 Å². The van der Waals surface area contributed by atoms with Crippen LogP contribution in [0.5, 0.6) is 0 Å². The highest BCUT2D eigenvalue weighted by Crippen LogP contribution is 2.04. The summed E-state index contributed by atoms with van der Waals surface area (Å²) >= 11 is 0. The first-order valence-electron chi connectivity index (χ1n) is 7.08. The molecule has 0 atom stereocenters. The fourth-order valence-corrected chi connectivity index (χ4v) is 1.68. The number of carbonyl (C=O) groups excluding carboxylic acids is 2. The zero-order valence-electron chi connectivity index (χ0n) is 12.4. The van der Waals surface area contributed by atoms with E-state index < -0.39 is 0 Å². The molecular formula is C14H27NO4. The van der Waals surface area contributed by atoms with Gasteiger partial charge in [0.05, 0.1) is 13.5 Å². The van der Waals surface area contributed by atoms with Crippen LogP contribution in [0.1, 0.15) is 46.0 Å². The minimum atomic E-state index is -0.280. The summed E-state index contributed by atoms with van der Waals surface area (Å²) in [4.78, 5) is 24.9. The largest absolute Gasteiger partial charge is 0.469 e. The van der Waals surface area contributed by atoms with E-state index in [0.29, 0.717) is 32.7 Å². The number of unbranched alkanes of at least 4 members (excludes halogenated alkanes) is 1. The minimum Gasteiger partial charge on any atom is -0.469 e. The van der Waals surface area contributed by atoms with Crippen LogP contribution in [0.2, 0.25) is 0 Å². The van der Waals surface area contributed by atoms with Crippen molar-refractivity contribution in [3.8, 4) is 0 Å². The Bertz CT molecular complexity index is 256. The lowest BCUT2D eigenvalue weighted by Gasteiger charge is -2.22. The minimum absolute atomic E-state index is 0.113. The van der Waals surface area contributed by atoms with E-state index in [2.05, 4.69) is 11.7 Å². The maximum Gasteiger partial charge on any atom is 0.307 e.